The van der Waals surface area contributed by atoms with Crippen molar-refractivity contribution in [2.45, 2.75) is 77.7 Å². The zero-order valence-corrected chi connectivity index (χ0v) is 28.3. The van der Waals surface area contributed by atoms with Crippen LogP contribution in [0, 0.1) is 0 Å². The number of fused-ring (bicyclic) bond motifs is 2. The lowest BCUT2D eigenvalue weighted by Gasteiger charge is -2.31. The number of benzene rings is 2. The van der Waals surface area contributed by atoms with E-state index in [1.807, 2.05) is 68.2 Å². The van der Waals surface area contributed by atoms with E-state index in [-0.39, 0.29) is 0 Å². The van der Waals surface area contributed by atoms with Crippen LogP contribution in [0.25, 0.3) is 0 Å². The van der Waals surface area contributed by atoms with Crippen molar-refractivity contribution in [2.24, 2.45) is 0 Å². The van der Waals surface area contributed by atoms with Crippen LogP contribution in [0.15, 0.2) is 72.5 Å². The van der Waals surface area contributed by atoms with E-state index in [1.54, 1.807) is 24.3 Å². The number of aliphatic carboxylic acids is 1. The maximum atomic E-state index is 12.6. The molecule has 10 nitrogen and oxygen atoms in total. The molecule has 0 saturated heterocycles. The Morgan fingerprint density at radius 2 is 1.71 bits per heavy atom. The Bertz CT molecular complexity index is 1590. The molecule has 12 heteroatoms. The first-order valence-corrected chi connectivity index (χ1v) is 17.2. The summed E-state index contributed by atoms with van der Waals surface area (Å²) in [5, 5.41) is 10.3. The Kier molecular flexibility index (Phi) is 10.7. The van der Waals surface area contributed by atoms with Gasteiger partial charge < -0.3 is 24.3 Å². The van der Waals surface area contributed by atoms with Crippen molar-refractivity contribution < 1.29 is 42.8 Å². The van der Waals surface area contributed by atoms with Gasteiger partial charge in [-0.15, -0.1) is 4.89 Å². The van der Waals surface area contributed by atoms with Gasteiger partial charge in [0.25, 0.3) is 0 Å². The number of hydrogen-bond acceptors (Lipinski definition) is 7. The molecular weight excluding hydrogens is 614 g/mol. The molecule has 2 heterocycles. The fraction of sp³-hybridized carbons (Fsp3) is 0.394. The van der Waals surface area contributed by atoms with Gasteiger partial charge in [0.2, 0.25) is 5.69 Å². The molecule has 0 saturated carbocycles. The van der Waals surface area contributed by atoms with Gasteiger partial charge in [0, 0.05) is 39.1 Å². The molecule has 0 aliphatic carbocycles. The van der Waals surface area contributed by atoms with Gasteiger partial charge in [0.15, 0.2) is 11.5 Å². The van der Waals surface area contributed by atoms with E-state index in [2.05, 4.69) is 25.3 Å². The van der Waals surface area contributed by atoms with Crippen LogP contribution >= 0.6 is 16.9 Å². The van der Waals surface area contributed by atoms with E-state index < -0.39 is 39.7 Å². The van der Waals surface area contributed by atoms with Crippen molar-refractivity contribution in [3.8, 4) is 11.5 Å². The third-order valence-corrected chi connectivity index (χ3v) is 9.25. The van der Waals surface area contributed by atoms with Gasteiger partial charge >= 0.3 is 22.8 Å². The Hall–Kier alpha value is -3.39. The molecule has 240 valence electrons. The maximum absolute atomic E-state index is 12.6. The van der Waals surface area contributed by atoms with Crippen molar-refractivity contribution in [3.63, 3.8) is 0 Å². The fourth-order valence-corrected chi connectivity index (χ4v) is 6.93. The fourth-order valence-electron chi connectivity index (χ4n) is 6.33. The monoisotopic (exact) mass is 656 g/mol. The number of rotatable bonds is 13. The summed E-state index contributed by atoms with van der Waals surface area (Å²) in [4.78, 5) is 42.5. The lowest BCUT2D eigenvalue weighted by atomic mass is 9.81. The third kappa shape index (κ3) is 7.06. The molecule has 2 aliphatic heterocycles. The molecule has 0 aromatic heterocycles. The summed E-state index contributed by atoms with van der Waals surface area (Å²) in [7, 11) is -5.35. The van der Waals surface area contributed by atoms with Crippen LogP contribution in [-0.4, -0.2) is 48.6 Å². The molecule has 0 radical (unpaired) electrons. The highest BCUT2D eigenvalue weighted by atomic mass is 31.2. The molecule has 2 aromatic carbocycles. The summed E-state index contributed by atoms with van der Waals surface area (Å²) < 4.78 is 23.7. The van der Waals surface area contributed by atoms with E-state index >= 15 is 0 Å². The zero-order chi connectivity index (χ0) is 33.1. The van der Waals surface area contributed by atoms with Crippen molar-refractivity contribution in [3.05, 3.63) is 83.6 Å². The second-order valence-electron chi connectivity index (χ2n) is 12.1. The van der Waals surface area contributed by atoms with Crippen LogP contribution in [-0.2, 0) is 20.2 Å². The molecule has 2 aromatic rings. The Balaban J connectivity index is 1.69. The third-order valence-electron chi connectivity index (χ3n) is 8.51. The van der Waals surface area contributed by atoms with Gasteiger partial charge in [-0.3, -0.25) is 0 Å². The van der Waals surface area contributed by atoms with Gasteiger partial charge in [-0.2, -0.15) is 4.58 Å². The number of hydrogen-bond donors (Lipinski definition) is 4. The van der Waals surface area contributed by atoms with Crippen LogP contribution in [0.2, 0.25) is 0 Å². The van der Waals surface area contributed by atoms with Gasteiger partial charge in [0.1, 0.15) is 18.3 Å². The number of carboxylic acid groups (broad SMARTS) is 1. The summed E-state index contributed by atoms with van der Waals surface area (Å²) in [5.74, 6) is -0.261. The maximum Gasteiger partial charge on any atom is 0.747 e. The molecule has 2 unspecified atom stereocenters. The summed E-state index contributed by atoms with van der Waals surface area (Å²) in [6.07, 6.45) is 11.8. The average Bonchev–Trinajstić information content (AvgIpc) is 3.30. The minimum Gasteiger partial charge on any atom is -0.480 e. The smallest absolute Gasteiger partial charge is 0.480 e. The topological polar surface area (TPSA) is 140 Å². The predicted molar refractivity (Wildman–Crippen MR) is 177 cm³/mol. The predicted octanol–water partition coefficient (Wildman–Crippen LogP) is 7.14. The minimum atomic E-state index is -2.76. The second-order valence-corrected chi connectivity index (χ2v) is 13.4. The molecule has 4 N–H and O–H groups in total. The molecular formula is C33H42N2O8P2+2. The van der Waals surface area contributed by atoms with E-state index in [1.165, 1.54) is 0 Å². The summed E-state index contributed by atoms with van der Waals surface area (Å²) >= 11 is 0. The van der Waals surface area contributed by atoms with Gasteiger partial charge in [0.05, 0.1) is 5.41 Å². The quantitative estimate of drug-likeness (QED) is 0.101. The first kappa shape index (κ1) is 34.5. The van der Waals surface area contributed by atoms with Crippen molar-refractivity contribution >= 4 is 39.9 Å². The normalized spacial score (nSPS) is 18.7. The largest absolute Gasteiger partial charge is 0.747 e. The van der Waals surface area contributed by atoms with Crippen LogP contribution in [0.3, 0.4) is 0 Å². The molecule has 0 amide bonds. The van der Waals surface area contributed by atoms with Crippen molar-refractivity contribution in [1.82, 2.24) is 0 Å². The van der Waals surface area contributed by atoms with Gasteiger partial charge in [-0.05, 0) is 69.2 Å². The number of nitrogens with zero attached hydrogens (tertiary/aromatic N) is 2. The molecule has 0 spiro atoms. The van der Waals surface area contributed by atoms with E-state index in [4.69, 9.17) is 9.05 Å². The molecule has 45 heavy (non-hydrogen) atoms. The van der Waals surface area contributed by atoms with Gasteiger partial charge in [-0.25, -0.2) is 9.32 Å². The summed E-state index contributed by atoms with van der Waals surface area (Å²) in [5.41, 5.74) is 4.47. The van der Waals surface area contributed by atoms with Crippen LogP contribution in [0.1, 0.15) is 71.9 Å². The molecule has 2 atom stereocenters. The molecule has 4 rings (SSSR count). The molecule has 2 aliphatic rings. The number of unbranched alkanes of at least 4 members (excludes halogenated alkanes) is 1. The van der Waals surface area contributed by atoms with Gasteiger partial charge in [-0.1, -0.05) is 51.8 Å². The first-order chi connectivity index (χ1) is 21.2. The van der Waals surface area contributed by atoms with E-state index in [9.17, 15) is 29.1 Å². The Morgan fingerprint density at radius 1 is 1.02 bits per heavy atom. The number of anilines is 1. The van der Waals surface area contributed by atoms with E-state index in [0.29, 0.717) is 17.9 Å². The SMILES string of the molecule is CCCCC(C(=O)O)N1C(=CC=CC=CC2=[N+](CC)c3ccc(O[P+](=O)O)cc3C2(C)C)C(C)(C)c2cc(OP(O)O)ccc21. The zero-order valence-electron chi connectivity index (χ0n) is 26.5. The van der Waals surface area contributed by atoms with Crippen LogP contribution < -0.4 is 13.9 Å². The molecule has 0 fully saturated rings. The summed E-state index contributed by atoms with van der Waals surface area (Å²) in [6, 6.07) is 9.79. The molecule has 0 bridgehead atoms. The standard InChI is InChI=1S/C33H40N2O8P2/c1-7-9-13-28(31(36)37)35-27-19-17-23(43-45(40)41)21-25(27)33(5,6)30(35)15-12-10-11-14-29-32(3,4)24-20-22(42-44(38)39)16-18-26(24)34(29)8-2/h10-12,14-21,28,40-41H,7-9,13H2,1-6H3/p+2. The number of carboxylic acids is 1. The highest BCUT2D eigenvalue weighted by molar-refractivity contribution is 7.39. The lowest BCUT2D eigenvalue weighted by molar-refractivity contribution is -0.433. The van der Waals surface area contributed by atoms with Crippen LogP contribution in [0.4, 0.5) is 11.4 Å². The highest BCUT2D eigenvalue weighted by Crippen LogP contribution is 2.51. The summed E-state index contributed by atoms with van der Waals surface area (Å²) in [6.45, 7) is 13.1. The van der Waals surface area contributed by atoms with Crippen LogP contribution in [0.5, 0.6) is 11.5 Å². The van der Waals surface area contributed by atoms with E-state index in [0.717, 1.165) is 53.3 Å². The lowest BCUT2D eigenvalue weighted by Crippen LogP contribution is -2.41. The number of allylic oxidation sites excluding steroid dienone is 6. The highest BCUT2D eigenvalue weighted by Gasteiger charge is 2.46. The Morgan fingerprint density at radius 3 is 2.33 bits per heavy atom. The van der Waals surface area contributed by atoms with Crippen molar-refractivity contribution in [1.29, 1.82) is 0 Å². The first-order valence-electron chi connectivity index (χ1n) is 15.0. The number of carbonyl (C=O) groups is 1. The average molecular weight is 657 g/mol. The second kappa shape index (κ2) is 13.9. The Labute approximate surface area is 266 Å². The van der Waals surface area contributed by atoms with Crippen molar-refractivity contribution in [2.75, 3.05) is 11.4 Å². The minimum absolute atomic E-state index is 0.305.